The van der Waals surface area contributed by atoms with Gasteiger partial charge in [0.25, 0.3) is 0 Å². The number of anilines is 1. The number of hydrogen-bond donors (Lipinski definition) is 1. The minimum absolute atomic E-state index is 0.00968. The van der Waals surface area contributed by atoms with Crippen molar-refractivity contribution in [2.75, 3.05) is 18.5 Å². The van der Waals surface area contributed by atoms with Crippen LogP contribution in [-0.2, 0) is 24.5 Å². The molecule has 1 fully saturated rings. The molecule has 3 heterocycles. The highest BCUT2D eigenvalue weighted by Crippen LogP contribution is 2.36. The first-order chi connectivity index (χ1) is 14.3. The molecule has 1 aliphatic rings. The molecule has 3 aromatic rings. The molecule has 0 amide bonds. The Balaban J connectivity index is 1.58. The van der Waals surface area contributed by atoms with Crippen LogP contribution in [0.5, 0.6) is 0 Å². The lowest BCUT2D eigenvalue weighted by Crippen LogP contribution is -2.34. The molecule has 0 saturated carbocycles. The first-order valence-electron chi connectivity index (χ1n) is 9.30. The predicted octanol–water partition coefficient (Wildman–Crippen LogP) is 4.38. The number of hydrogen-bond acceptors (Lipinski definition) is 5. The SMILES string of the molecule is Cn1cnnc1[C@@H](c1cccc(NCc2ncc(Br)cc2C(F)(F)F)c1)C1COC1. The van der Waals surface area contributed by atoms with Crippen LogP contribution in [0.2, 0.25) is 0 Å². The van der Waals surface area contributed by atoms with Crippen molar-refractivity contribution >= 4 is 21.6 Å². The van der Waals surface area contributed by atoms with Crippen LogP contribution in [0.15, 0.2) is 47.3 Å². The van der Waals surface area contributed by atoms with E-state index < -0.39 is 11.7 Å². The van der Waals surface area contributed by atoms with Crippen molar-refractivity contribution in [1.29, 1.82) is 0 Å². The summed E-state index contributed by atoms with van der Waals surface area (Å²) in [5.41, 5.74) is 0.888. The number of aryl methyl sites for hydroxylation is 1. The predicted molar refractivity (Wildman–Crippen MR) is 108 cm³/mol. The molecule has 0 spiro atoms. The zero-order chi connectivity index (χ0) is 21.3. The number of ether oxygens (including phenoxy) is 1. The molecule has 10 heteroatoms. The van der Waals surface area contributed by atoms with E-state index in [1.54, 1.807) is 6.33 Å². The molecule has 30 heavy (non-hydrogen) atoms. The molecule has 1 N–H and O–H groups in total. The molecule has 0 unspecified atom stereocenters. The van der Waals surface area contributed by atoms with Gasteiger partial charge in [0.2, 0.25) is 0 Å². The fraction of sp³-hybridized carbons (Fsp3) is 0.350. The van der Waals surface area contributed by atoms with Crippen molar-refractivity contribution in [3.05, 3.63) is 70.0 Å². The minimum Gasteiger partial charge on any atom is -0.381 e. The minimum atomic E-state index is -4.48. The molecule has 1 saturated heterocycles. The number of aromatic nitrogens is 4. The summed E-state index contributed by atoms with van der Waals surface area (Å²) in [5.74, 6) is 1.09. The second-order valence-corrected chi connectivity index (χ2v) is 8.12. The van der Waals surface area contributed by atoms with Crippen LogP contribution >= 0.6 is 15.9 Å². The standard InChI is InChI=1S/C20H19BrF3N5O/c1-29-11-27-28-19(29)18(13-9-30-10-13)12-3-2-4-15(5-12)25-8-17-16(20(22,23)24)6-14(21)7-26-17/h2-7,11,13,18,25H,8-10H2,1H3/t18-/m0/s1. The molecule has 6 nitrogen and oxygen atoms in total. The van der Waals surface area contributed by atoms with E-state index in [4.69, 9.17) is 4.74 Å². The molecule has 0 bridgehead atoms. The van der Waals surface area contributed by atoms with Gasteiger partial charge in [-0.05, 0) is 39.7 Å². The second kappa shape index (κ2) is 8.35. The van der Waals surface area contributed by atoms with Crippen LogP contribution in [0.1, 0.15) is 28.6 Å². The van der Waals surface area contributed by atoms with E-state index in [0.29, 0.717) is 18.9 Å². The van der Waals surface area contributed by atoms with Crippen molar-refractivity contribution in [2.24, 2.45) is 13.0 Å². The number of benzene rings is 1. The molecule has 4 rings (SSSR count). The van der Waals surface area contributed by atoms with E-state index in [1.807, 2.05) is 35.9 Å². The lowest BCUT2D eigenvalue weighted by molar-refractivity contribution is -0.138. The normalized spacial score (nSPS) is 15.6. The van der Waals surface area contributed by atoms with Crippen LogP contribution in [0.25, 0.3) is 0 Å². The Labute approximate surface area is 179 Å². The fourth-order valence-electron chi connectivity index (χ4n) is 3.53. The van der Waals surface area contributed by atoms with Crippen LogP contribution in [0.4, 0.5) is 18.9 Å². The molecule has 1 atom stereocenters. The van der Waals surface area contributed by atoms with Gasteiger partial charge in [-0.1, -0.05) is 12.1 Å². The lowest BCUT2D eigenvalue weighted by atomic mass is 9.84. The van der Waals surface area contributed by atoms with Gasteiger partial charge in [-0.3, -0.25) is 4.98 Å². The van der Waals surface area contributed by atoms with E-state index in [-0.39, 0.29) is 28.5 Å². The van der Waals surface area contributed by atoms with E-state index in [2.05, 4.69) is 36.4 Å². The maximum absolute atomic E-state index is 13.3. The van der Waals surface area contributed by atoms with Gasteiger partial charge in [0.15, 0.2) is 0 Å². The number of pyridine rings is 1. The number of nitrogens with one attached hydrogen (secondary N) is 1. The Hall–Kier alpha value is -2.46. The molecule has 158 valence electrons. The summed E-state index contributed by atoms with van der Waals surface area (Å²) in [5, 5.41) is 11.3. The molecule has 0 radical (unpaired) electrons. The van der Waals surface area contributed by atoms with E-state index in [9.17, 15) is 13.2 Å². The molecule has 2 aromatic heterocycles. The largest absolute Gasteiger partial charge is 0.418 e. The Kier molecular flexibility index (Phi) is 5.79. The second-order valence-electron chi connectivity index (χ2n) is 7.20. The first kappa shape index (κ1) is 20.8. The fourth-order valence-corrected chi connectivity index (χ4v) is 3.87. The summed E-state index contributed by atoms with van der Waals surface area (Å²) in [4.78, 5) is 3.95. The van der Waals surface area contributed by atoms with Gasteiger partial charge in [-0.15, -0.1) is 10.2 Å². The zero-order valence-electron chi connectivity index (χ0n) is 16.0. The number of halogens is 4. The molecule has 0 aliphatic carbocycles. The Bertz CT molecular complexity index is 1040. The third kappa shape index (κ3) is 4.34. The van der Waals surface area contributed by atoms with Crippen LogP contribution < -0.4 is 5.32 Å². The third-order valence-corrected chi connectivity index (χ3v) is 5.54. The highest BCUT2D eigenvalue weighted by molar-refractivity contribution is 9.10. The maximum atomic E-state index is 13.3. The first-order valence-corrected chi connectivity index (χ1v) is 10.1. The quantitative estimate of drug-likeness (QED) is 0.565. The van der Waals surface area contributed by atoms with Crippen molar-refractivity contribution in [2.45, 2.75) is 18.6 Å². The summed E-state index contributed by atoms with van der Waals surface area (Å²) >= 11 is 3.05. The van der Waals surface area contributed by atoms with Crippen LogP contribution in [0, 0.1) is 5.92 Å². The van der Waals surface area contributed by atoms with Gasteiger partial charge in [-0.2, -0.15) is 13.2 Å². The van der Waals surface area contributed by atoms with Crippen LogP contribution in [0.3, 0.4) is 0 Å². The average Bonchev–Trinajstić information content (AvgIpc) is 3.08. The van der Waals surface area contributed by atoms with Crippen molar-refractivity contribution in [3.8, 4) is 0 Å². The summed E-state index contributed by atoms with van der Waals surface area (Å²) in [6, 6.07) is 8.66. The van der Waals surface area contributed by atoms with E-state index in [1.165, 1.54) is 6.20 Å². The van der Waals surface area contributed by atoms with Gasteiger partial charge in [0.1, 0.15) is 12.2 Å². The summed E-state index contributed by atoms with van der Waals surface area (Å²) in [6.45, 7) is 1.21. The highest BCUT2D eigenvalue weighted by atomic mass is 79.9. The summed E-state index contributed by atoms with van der Waals surface area (Å²) in [6.07, 6.45) is -1.46. The number of nitrogens with zero attached hydrogens (tertiary/aromatic N) is 4. The maximum Gasteiger partial charge on any atom is 0.418 e. The zero-order valence-corrected chi connectivity index (χ0v) is 17.6. The van der Waals surface area contributed by atoms with Crippen molar-refractivity contribution in [3.63, 3.8) is 0 Å². The molecule has 1 aliphatic heterocycles. The highest BCUT2D eigenvalue weighted by Gasteiger charge is 2.35. The Morgan fingerprint density at radius 2 is 2.10 bits per heavy atom. The molecular weight excluding hydrogens is 463 g/mol. The molecular formula is C20H19BrF3N5O. The van der Waals surface area contributed by atoms with Gasteiger partial charge >= 0.3 is 6.18 Å². The van der Waals surface area contributed by atoms with E-state index in [0.717, 1.165) is 17.5 Å². The topological polar surface area (TPSA) is 64.9 Å². The smallest absolute Gasteiger partial charge is 0.381 e. The van der Waals surface area contributed by atoms with Gasteiger partial charge in [0, 0.05) is 29.3 Å². The van der Waals surface area contributed by atoms with Crippen LogP contribution in [-0.4, -0.2) is 33.0 Å². The Morgan fingerprint density at radius 3 is 2.73 bits per heavy atom. The van der Waals surface area contributed by atoms with Gasteiger partial charge in [-0.25, -0.2) is 0 Å². The third-order valence-electron chi connectivity index (χ3n) is 5.11. The number of alkyl halides is 3. The lowest BCUT2D eigenvalue weighted by Gasteiger charge is -2.33. The average molecular weight is 482 g/mol. The monoisotopic (exact) mass is 481 g/mol. The van der Waals surface area contributed by atoms with Gasteiger partial charge < -0.3 is 14.6 Å². The van der Waals surface area contributed by atoms with Gasteiger partial charge in [0.05, 0.1) is 36.9 Å². The Morgan fingerprint density at radius 1 is 1.30 bits per heavy atom. The number of rotatable bonds is 6. The summed E-state index contributed by atoms with van der Waals surface area (Å²) in [7, 11) is 1.89. The molecule has 1 aromatic carbocycles. The van der Waals surface area contributed by atoms with Crippen molar-refractivity contribution < 1.29 is 17.9 Å². The van der Waals surface area contributed by atoms with E-state index >= 15 is 0 Å². The summed E-state index contributed by atoms with van der Waals surface area (Å²) < 4.78 is 47.6. The van der Waals surface area contributed by atoms with Crippen molar-refractivity contribution in [1.82, 2.24) is 19.7 Å².